The Kier molecular flexibility index (Phi) is 9.54. The van der Waals surface area contributed by atoms with Crippen LogP contribution in [0.1, 0.15) is 54.2 Å². The van der Waals surface area contributed by atoms with E-state index in [9.17, 15) is 14.7 Å². The normalized spacial score (nSPS) is 13.9. The number of ether oxygens (including phenoxy) is 3. The number of carboxylic acid groups (broad SMARTS) is 1. The van der Waals surface area contributed by atoms with Gasteiger partial charge in [-0.2, -0.15) is 0 Å². The van der Waals surface area contributed by atoms with Crippen LogP contribution in [-0.2, 0) is 11.2 Å². The van der Waals surface area contributed by atoms with Gasteiger partial charge in [0.05, 0.1) is 32.9 Å². The molecule has 1 aliphatic rings. The maximum Gasteiger partial charge on any atom is 0.335 e. The third-order valence-corrected chi connectivity index (χ3v) is 5.43. The number of aromatic carboxylic acids is 1. The van der Waals surface area contributed by atoms with E-state index in [0.717, 1.165) is 28.8 Å². The van der Waals surface area contributed by atoms with Gasteiger partial charge in [-0.05, 0) is 67.7 Å². The number of carbonyl (C=O) groups excluding carboxylic acids is 1. The first kappa shape index (κ1) is 26.0. The van der Waals surface area contributed by atoms with E-state index in [2.05, 4.69) is 17.6 Å². The van der Waals surface area contributed by atoms with E-state index in [0.29, 0.717) is 30.1 Å². The lowest BCUT2D eigenvalue weighted by molar-refractivity contribution is -0.119. The number of aryl methyl sites for hydroxylation is 1. The predicted molar refractivity (Wildman–Crippen MR) is 128 cm³/mol. The number of hydrogen-bond acceptors (Lipinski definition) is 6. The number of fused-ring (bicyclic) bond motifs is 3. The standard InChI is InChI=1S/C21H23NO6.C4H11N/c1-11(23)22-16-8-6-12-10-17(26-2)19(27-3)20(28-4)18(12)14-7-5-13(21(24)25)9-15(14)16;1-3-4-5-2/h5,7,9-10,16H,6,8H2,1-4H3,(H,22,23)(H,24,25);5H,3-4H2,1-2H3/t16-;/m0./s1. The summed E-state index contributed by atoms with van der Waals surface area (Å²) in [6.45, 7) is 4.74. The van der Waals surface area contributed by atoms with Gasteiger partial charge in [-0.15, -0.1) is 0 Å². The summed E-state index contributed by atoms with van der Waals surface area (Å²) in [7, 11) is 6.62. The zero-order chi connectivity index (χ0) is 24.5. The van der Waals surface area contributed by atoms with Crippen LogP contribution in [0.3, 0.4) is 0 Å². The number of nitrogens with one attached hydrogen (secondary N) is 2. The number of benzene rings is 2. The quantitative estimate of drug-likeness (QED) is 0.579. The van der Waals surface area contributed by atoms with Crippen LogP contribution in [0.5, 0.6) is 17.2 Å². The second-order valence-corrected chi connectivity index (χ2v) is 7.68. The fraction of sp³-hybridized carbons (Fsp3) is 0.440. The molecule has 8 heteroatoms. The lowest BCUT2D eigenvalue weighted by Gasteiger charge is -2.21. The van der Waals surface area contributed by atoms with Crippen molar-refractivity contribution in [1.82, 2.24) is 10.6 Å². The molecule has 0 unspecified atom stereocenters. The van der Waals surface area contributed by atoms with Crippen LogP contribution in [0, 0.1) is 0 Å². The van der Waals surface area contributed by atoms with Crippen molar-refractivity contribution in [3.8, 4) is 28.4 Å². The minimum atomic E-state index is -1.02. The minimum Gasteiger partial charge on any atom is -0.493 e. The zero-order valence-electron chi connectivity index (χ0n) is 20.2. The highest BCUT2D eigenvalue weighted by Gasteiger charge is 2.29. The second-order valence-electron chi connectivity index (χ2n) is 7.68. The molecule has 180 valence electrons. The van der Waals surface area contributed by atoms with E-state index >= 15 is 0 Å². The third-order valence-electron chi connectivity index (χ3n) is 5.43. The lowest BCUT2D eigenvalue weighted by atomic mass is 9.92. The molecule has 0 aliphatic heterocycles. The molecule has 0 fully saturated rings. The number of hydrogen-bond donors (Lipinski definition) is 3. The van der Waals surface area contributed by atoms with Gasteiger partial charge in [0.2, 0.25) is 11.7 Å². The Labute approximate surface area is 195 Å². The van der Waals surface area contributed by atoms with E-state index in [1.165, 1.54) is 20.5 Å². The highest BCUT2D eigenvalue weighted by molar-refractivity contribution is 5.91. The van der Waals surface area contributed by atoms with Gasteiger partial charge in [0, 0.05) is 12.5 Å². The third kappa shape index (κ3) is 5.96. The summed E-state index contributed by atoms with van der Waals surface area (Å²) in [6, 6.07) is 6.51. The van der Waals surface area contributed by atoms with E-state index in [1.54, 1.807) is 32.4 Å². The molecule has 1 atom stereocenters. The van der Waals surface area contributed by atoms with Crippen LogP contribution in [-0.4, -0.2) is 51.9 Å². The molecule has 1 amide bonds. The van der Waals surface area contributed by atoms with Crippen molar-refractivity contribution in [2.75, 3.05) is 34.9 Å². The van der Waals surface area contributed by atoms with Crippen LogP contribution in [0.15, 0.2) is 24.3 Å². The highest BCUT2D eigenvalue weighted by Crippen LogP contribution is 2.50. The fourth-order valence-corrected chi connectivity index (χ4v) is 4.01. The van der Waals surface area contributed by atoms with E-state index in [4.69, 9.17) is 14.2 Å². The smallest absolute Gasteiger partial charge is 0.335 e. The molecule has 0 bridgehead atoms. The summed E-state index contributed by atoms with van der Waals surface area (Å²) < 4.78 is 16.7. The van der Waals surface area contributed by atoms with Gasteiger partial charge in [0.1, 0.15) is 0 Å². The number of amides is 1. The predicted octanol–water partition coefficient (Wildman–Crippen LogP) is 3.82. The molecule has 8 nitrogen and oxygen atoms in total. The molecular weight excluding hydrogens is 424 g/mol. The second kappa shape index (κ2) is 12.1. The van der Waals surface area contributed by atoms with Crippen molar-refractivity contribution in [1.29, 1.82) is 0 Å². The molecule has 1 aliphatic carbocycles. The van der Waals surface area contributed by atoms with Crippen LogP contribution in [0.25, 0.3) is 11.1 Å². The molecule has 0 aromatic heterocycles. The molecule has 0 radical (unpaired) electrons. The number of carbonyl (C=O) groups is 2. The molecule has 3 N–H and O–H groups in total. The molecular formula is C25H34N2O6. The Hall–Kier alpha value is -3.26. The van der Waals surface area contributed by atoms with Gasteiger partial charge >= 0.3 is 5.97 Å². The topological polar surface area (TPSA) is 106 Å². The van der Waals surface area contributed by atoms with Gasteiger partial charge in [-0.25, -0.2) is 4.79 Å². The molecule has 0 saturated carbocycles. The number of carboxylic acids is 1. The van der Waals surface area contributed by atoms with E-state index < -0.39 is 5.97 Å². The Bertz CT molecular complexity index is 987. The van der Waals surface area contributed by atoms with Crippen molar-refractivity contribution in [3.05, 3.63) is 41.0 Å². The molecule has 2 aromatic rings. The summed E-state index contributed by atoms with van der Waals surface area (Å²) in [5.41, 5.74) is 3.50. The molecule has 0 spiro atoms. The number of rotatable bonds is 7. The van der Waals surface area contributed by atoms with E-state index in [-0.39, 0.29) is 17.5 Å². The fourth-order valence-electron chi connectivity index (χ4n) is 4.01. The summed E-state index contributed by atoms with van der Waals surface area (Å²) >= 11 is 0. The van der Waals surface area contributed by atoms with E-state index in [1.807, 2.05) is 13.1 Å². The Morgan fingerprint density at radius 1 is 1.09 bits per heavy atom. The van der Waals surface area contributed by atoms with Crippen molar-refractivity contribution < 1.29 is 28.9 Å². The molecule has 3 rings (SSSR count). The SMILES string of the molecule is CCCNC.COc1cc2c(c(OC)c1OC)-c1ccc(C(=O)O)cc1[C@@H](NC(C)=O)CC2. The summed E-state index contributed by atoms with van der Waals surface area (Å²) in [4.78, 5) is 23.3. The average molecular weight is 459 g/mol. The zero-order valence-corrected chi connectivity index (χ0v) is 20.2. The maximum absolute atomic E-state index is 11.8. The van der Waals surface area contributed by atoms with Crippen LogP contribution in [0.2, 0.25) is 0 Å². The monoisotopic (exact) mass is 458 g/mol. The summed E-state index contributed by atoms with van der Waals surface area (Å²) in [5.74, 6) is 0.345. The van der Waals surface area contributed by atoms with Crippen molar-refractivity contribution >= 4 is 11.9 Å². The van der Waals surface area contributed by atoms with Crippen molar-refractivity contribution in [2.45, 2.75) is 39.2 Å². The Balaban J connectivity index is 0.000000696. The Morgan fingerprint density at radius 2 is 1.79 bits per heavy atom. The van der Waals surface area contributed by atoms with Gasteiger partial charge in [0.15, 0.2) is 11.5 Å². The van der Waals surface area contributed by atoms with Crippen molar-refractivity contribution in [2.24, 2.45) is 0 Å². The van der Waals surface area contributed by atoms with Crippen LogP contribution in [0.4, 0.5) is 0 Å². The van der Waals surface area contributed by atoms with Crippen LogP contribution >= 0.6 is 0 Å². The number of methoxy groups -OCH3 is 3. The first-order valence-corrected chi connectivity index (χ1v) is 10.9. The first-order chi connectivity index (χ1) is 15.8. The minimum absolute atomic E-state index is 0.164. The molecule has 0 heterocycles. The largest absolute Gasteiger partial charge is 0.493 e. The molecule has 2 aromatic carbocycles. The molecule has 33 heavy (non-hydrogen) atoms. The summed E-state index contributed by atoms with van der Waals surface area (Å²) in [6.07, 6.45) is 2.49. The van der Waals surface area contributed by atoms with Gasteiger partial charge in [-0.1, -0.05) is 13.0 Å². The highest BCUT2D eigenvalue weighted by atomic mass is 16.5. The first-order valence-electron chi connectivity index (χ1n) is 10.9. The maximum atomic E-state index is 11.8. The lowest BCUT2D eigenvalue weighted by Crippen LogP contribution is -2.26. The Morgan fingerprint density at radius 3 is 2.27 bits per heavy atom. The van der Waals surface area contributed by atoms with Gasteiger partial charge in [-0.3, -0.25) is 4.79 Å². The van der Waals surface area contributed by atoms with Crippen molar-refractivity contribution in [3.63, 3.8) is 0 Å². The summed E-state index contributed by atoms with van der Waals surface area (Å²) in [5, 5.41) is 15.4. The van der Waals surface area contributed by atoms with Gasteiger partial charge < -0.3 is 30.0 Å². The molecule has 0 saturated heterocycles. The van der Waals surface area contributed by atoms with Crippen LogP contribution < -0.4 is 24.8 Å². The average Bonchev–Trinajstić information content (AvgIpc) is 2.94. The van der Waals surface area contributed by atoms with Gasteiger partial charge in [0.25, 0.3) is 0 Å².